The number of carbonyl (C=O) groups excluding carboxylic acids is 1. The number of hydrogen-bond acceptors (Lipinski definition) is 7. The van der Waals surface area contributed by atoms with Gasteiger partial charge in [-0.2, -0.15) is 13.2 Å². The van der Waals surface area contributed by atoms with Crippen LogP contribution in [0.15, 0.2) is 36.8 Å². The van der Waals surface area contributed by atoms with Crippen molar-refractivity contribution in [1.82, 2.24) is 35.1 Å². The van der Waals surface area contributed by atoms with E-state index in [1.165, 1.54) is 22.9 Å². The van der Waals surface area contributed by atoms with E-state index in [2.05, 4.69) is 25.8 Å². The van der Waals surface area contributed by atoms with Crippen molar-refractivity contribution >= 4 is 17.4 Å². The number of imidazole rings is 1. The van der Waals surface area contributed by atoms with Crippen LogP contribution in [0.4, 0.5) is 27.8 Å². The predicted octanol–water partition coefficient (Wildman–Crippen LogP) is 2.60. The second-order valence-corrected chi connectivity index (χ2v) is 10.0. The van der Waals surface area contributed by atoms with Crippen LogP contribution in [0.5, 0.6) is 0 Å². The van der Waals surface area contributed by atoms with Gasteiger partial charge in [0.25, 0.3) is 6.43 Å². The third-order valence-electron chi connectivity index (χ3n) is 7.74. The number of halogens is 5. The number of carbonyl (C=O) groups is 1. The van der Waals surface area contributed by atoms with E-state index in [4.69, 9.17) is 0 Å². The first-order valence-electron chi connectivity index (χ1n) is 12.3. The number of amides is 1. The summed E-state index contributed by atoms with van der Waals surface area (Å²) < 4.78 is 68.6. The van der Waals surface area contributed by atoms with Crippen molar-refractivity contribution in [2.24, 2.45) is 11.3 Å². The Labute approximate surface area is 214 Å². The summed E-state index contributed by atoms with van der Waals surface area (Å²) in [4.78, 5) is 29.9. The summed E-state index contributed by atoms with van der Waals surface area (Å²) in [6, 6.07) is 3.62. The van der Waals surface area contributed by atoms with Crippen LogP contribution in [0.25, 0.3) is 17.2 Å². The van der Waals surface area contributed by atoms with Crippen LogP contribution in [0.3, 0.4) is 0 Å². The van der Waals surface area contributed by atoms with Crippen molar-refractivity contribution in [3.05, 3.63) is 42.4 Å². The minimum absolute atomic E-state index is 0.0103. The number of aromatic nitrogens is 4. The van der Waals surface area contributed by atoms with E-state index in [0.717, 1.165) is 12.3 Å². The molecule has 0 spiro atoms. The van der Waals surface area contributed by atoms with Gasteiger partial charge in [-0.15, -0.1) is 0 Å². The van der Waals surface area contributed by atoms with Gasteiger partial charge >= 0.3 is 6.18 Å². The van der Waals surface area contributed by atoms with Crippen LogP contribution in [-0.4, -0.2) is 75.4 Å². The summed E-state index contributed by atoms with van der Waals surface area (Å²) in [5, 5.41) is 0. The molecule has 3 aromatic heterocycles. The molecule has 3 fully saturated rings. The number of hydrogen-bond donors (Lipinski definition) is 2. The van der Waals surface area contributed by atoms with Crippen LogP contribution in [0, 0.1) is 11.3 Å². The SMILES string of the molecule is O=C(N1CCN(c2ccnc(-c3cnc4ccc(C(F)(F)F)cn34)n2)CC1C1CNNC1)C1(C(F)F)CC1. The molecule has 1 aliphatic carbocycles. The van der Waals surface area contributed by atoms with Gasteiger partial charge in [-0.25, -0.2) is 23.7 Å². The van der Waals surface area contributed by atoms with E-state index >= 15 is 0 Å². The minimum Gasteiger partial charge on any atom is -0.353 e. The van der Waals surface area contributed by atoms with Crippen LogP contribution in [0.1, 0.15) is 18.4 Å². The summed E-state index contributed by atoms with van der Waals surface area (Å²) >= 11 is 0. The standard InChI is InChI=1S/C24H25F5N8O/c25-21(26)23(4-5-23)22(38)36-8-7-35(13-17(36)14-9-32-33-10-14)19-3-6-30-20(34-19)16-11-31-18-2-1-15(12-37(16)18)24(27,28)29/h1-3,6,11-12,14,17,21,32-33H,4-5,7-10,13H2. The molecule has 6 rings (SSSR count). The van der Waals surface area contributed by atoms with Crippen molar-refractivity contribution < 1.29 is 26.7 Å². The van der Waals surface area contributed by atoms with Gasteiger partial charge in [0.2, 0.25) is 5.91 Å². The highest BCUT2D eigenvalue weighted by atomic mass is 19.4. The summed E-state index contributed by atoms with van der Waals surface area (Å²) in [7, 11) is 0. The van der Waals surface area contributed by atoms with E-state index in [1.807, 2.05) is 4.90 Å². The number of nitrogens with zero attached hydrogens (tertiary/aromatic N) is 6. The van der Waals surface area contributed by atoms with Crippen molar-refractivity contribution in [1.29, 1.82) is 0 Å². The maximum atomic E-state index is 13.7. The summed E-state index contributed by atoms with van der Waals surface area (Å²) in [6.07, 6.45) is -2.91. The lowest BCUT2D eigenvalue weighted by Gasteiger charge is -2.45. The molecule has 1 amide bonds. The third-order valence-corrected chi connectivity index (χ3v) is 7.74. The largest absolute Gasteiger partial charge is 0.417 e. The molecule has 1 saturated carbocycles. The van der Waals surface area contributed by atoms with Gasteiger partial charge in [0.15, 0.2) is 5.82 Å². The summed E-state index contributed by atoms with van der Waals surface area (Å²) in [6.45, 7) is 2.18. The first kappa shape index (κ1) is 24.9. The highest BCUT2D eigenvalue weighted by Crippen LogP contribution is 2.52. The Morgan fingerprint density at radius 1 is 1.08 bits per heavy atom. The monoisotopic (exact) mass is 536 g/mol. The number of fused-ring (bicyclic) bond motifs is 1. The molecular formula is C24H25F5N8O. The lowest BCUT2D eigenvalue weighted by atomic mass is 9.94. The molecule has 1 atom stereocenters. The average molecular weight is 537 g/mol. The van der Waals surface area contributed by atoms with Crippen LogP contribution in [0.2, 0.25) is 0 Å². The number of hydrazine groups is 1. The normalized spacial score (nSPS) is 22.0. The van der Waals surface area contributed by atoms with Gasteiger partial charge in [0.1, 0.15) is 22.6 Å². The molecular weight excluding hydrogens is 511 g/mol. The van der Waals surface area contributed by atoms with Crippen molar-refractivity contribution in [3.8, 4) is 11.5 Å². The van der Waals surface area contributed by atoms with E-state index < -0.39 is 29.5 Å². The zero-order valence-corrected chi connectivity index (χ0v) is 20.1. The molecule has 202 valence electrons. The maximum absolute atomic E-state index is 13.7. The lowest BCUT2D eigenvalue weighted by molar-refractivity contribution is -0.147. The van der Waals surface area contributed by atoms with E-state index in [-0.39, 0.29) is 37.2 Å². The van der Waals surface area contributed by atoms with Gasteiger partial charge in [-0.05, 0) is 31.0 Å². The highest BCUT2D eigenvalue weighted by Gasteiger charge is 2.60. The smallest absolute Gasteiger partial charge is 0.353 e. The van der Waals surface area contributed by atoms with Crippen molar-refractivity contribution in [3.63, 3.8) is 0 Å². The third kappa shape index (κ3) is 4.25. The Balaban J connectivity index is 1.29. The average Bonchev–Trinajstić information content (AvgIpc) is 3.34. The number of pyridine rings is 1. The Morgan fingerprint density at radius 2 is 1.84 bits per heavy atom. The molecule has 3 aliphatic rings. The number of alkyl halides is 5. The highest BCUT2D eigenvalue weighted by molar-refractivity contribution is 5.86. The van der Waals surface area contributed by atoms with Gasteiger partial charge < -0.3 is 9.80 Å². The lowest BCUT2D eigenvalue weighted by Crippen LogP contribution is -2.61. The van der Waals surface area contributed by atoms with Crippen LogP contribution in [-0.2, 0) is 11.0 Å². The van der Waals surface area contributed by atoms with Crippen LogP contribution >= 0.6 is 0 Å². The van der Waals surface area contributed by atoms with Crippen molar-refractivity contribution in [2.75, 3.05) is 37.6 Å². The van der Waals surface area contributed by atoms with Gasteiger partial charge in [-0.1, -0.05) is 0 Å². The molecule has 1 unspecified atom stereocenters. The molecule has 14 heteroatoms. The number of nitrogens with one attached hydrogen (secondary N) is 2. The van der Waals surface area contributed by atoms with Crippen LogP contribution < -0.4 is 15.8 Å². The van der Waals surface area contributed by atoms with Gasteiger partial charge in [0.05, 0.1) is 17.8 Å². The quantitative estimate of drug-likeness (QED) is 0.485. The number of piperazine rings is 1. The van der Waals surface area contributed by atoms with Crippen molar-refractivity contribution in [2.45, 2.75) is 31.5 Å². The van der Waals surface area contributed by atoms with E-state index in [1.54, 1.807) is 11.0 Å². The van der Waals surface area contributed by atoms with Gasteiger partial charge in [0, 0.05) is 51.0 Å². The molecule has 0 bridgehead atoms. The van der Waals surface area contributed by atoms with E-state index in [0.29, 0.717) is 43.3 Å². The first-order valence-corrected chi connectivity index (χ1v) is 12.3. The number of rotatable bonds is 5. The molecule has 9 nitrogen and oxygen atoms in total. The second-order valence-electron chi connectivity index (χ2n) is 10.0. The Morgan fingerprint density at radius 3 is 2.53 bits per heavy atom. The Hall–Kier alpha value is -3.39. The fourth-order valence-electron chi connectivity index (χ4n) is 5.33. The fourth-order valence-corrected chi connectivity index (χ4v) is 5.33. The Kier molecular flexibility index (Phi) is 5.98. The molecule has 0 aromatic carbocycles. The molecule has 38 heavy (non-hydrogen) atoms. The molecule has 2 aliphatic heterocycles. The van der Waals surface area contributed by atoms with Gasteiger partial charge in [-0.3, -0.25) is 20.0 Å². The molecule has 2 saturated heterocycles. The predicted molar refractivity (Wildman–Crippen MR) is 126 cm³/mol. The molecule has 2 N–H and O–H groups in total. The molecule has 0 radical (unpaired) electrons. The fraction of sp³-hybridized carbons (Fsp3) is 0.500. The summed E-state index contributed by atoms with van der Waals surface area (Å²) in [5.41, 5.74) is 4.34. The summed E-state index contributed by atoms with van der Waals surface area (Å²) in [5.74, 6) is 0.251. The first-order chi connectivity index (χ1) is 18.2. The zero-order valence-electron chi connectivity index (χ0n) is 20.1. The topological polar surface area (TPSA) is 90.7 Å². The minimum atomic E-state index is -4.52. The van der Waals surface area contributed by atoms with E-state index in [9.17, 15) is 26.7 Å². The Bertz CT molecular complexity index is 1350. The number of anilines is 1. The molecule has 3 aromatic rings. The zero-order chi connectivity index (χ0) is 26.7. The molecule has 5 heterocycles. The second kappa shape index (κ2) is 9.12. The maximum Gasteiger partial charge on any atom is 0.417 e.